The van der Waals surface area contributed by atoms with E-state index in [1.807, 2.05) is 24.3 Å². The fourth-order valence-electron chi connectivity index (χ4n) is 3.80. The second-order valence-electron chi connectivity index (χ2n) is 7.71. The molecule has 1 aliphatic heterocycles. The number of carbonyl (C=O) groups is 1. The van der Waals surface area contributed by atoms with Crippen LogP contribution in [0.25, 0.3) is 0 Å². The third-order valence-electron chi connectivity index (χ3n) is 5.34. The van der Waals surface area contributed by atoms with Crippen LogP contribution >= 0.6 is 12.2 Å². The van der Waals surface area contributed by atoms with E-state index in [-0.39, 0.29) is 0 Å². The molecule has 29 heavy (non-hydrogen) atoms. The van der Waals surface area contributed by atoms with E-state index >= 15 is 0 Å². The van der Waals surface area contributed by atoms with Crippen LogP contribution in [0, 0.1) is 6.92 Å². The molecule has 0 unspecified atom stereocenters. The van der Waals surface area contributed by atoms with Crippen molar-refractivity contribution < 1.29 is 10.0 Å². The number of hydrogen-bond donors (Lipinski definition) is 3. The molecule has 2 aromatic carbocycles. The van der Waals surface area contributed by atoms with Crippen LogP contribution in [-0.4, -0.2) is 51.2 Å². The zero-order chi connectivity index (χ0) is 21.0. The second-order valence-corrected chi connectivity index (χ2v) is 8.10. The van der Waals surface area contributed by atoms with Gasteiger partial charge in [0.2, 0.25) is 0 Å². The normalized spacial score (nSPS) is 19.7. The zero-order valence-electron chi connectivity index (χ0n) is 17.1. The first-order valence-corrected chi connectivity index (χ1v) is 10.2. The Morgan fingerprint density at radius 1 is 1.14 bits per heavy atom. The molecule has 1 heterocycles. The van der Waals surface area contributed by atoms with Crippen LogP contribution < -0.4 is 10.8 Å². The van der Waals surface area contributed by atoms with E-state index in [4.69, 9.17) is 17.4 Å². The van der Waals surface area contributed by atoms with E-state index in [1.165, 1.54) is 5.56 Å². The molecule has 1 saturated heterocycles. The second kappa shape index (κ2) is 9.35. The van der Waals surface area contributed by atoms with Gasteiger partial charge in [0.1, 0.15) is 0 Å². The van der Waals surface area contributed by atoms with Crippen LogP contribution in [-0.2, 0) is 6.54 Å². The van der Waals surface area contributed by atoms with Gasteiger partial charge in [-0.2, -0.15) is 0 Å². The van der Waals surface area contributed by atoms with Crippen molar-refractivity contribution in [2.45, 2.75) is 39.4 Å². The minimum Gasteiger partial charge on any atom is -0.346 e. The Bertz CT molecular complexity index is 859. The minimum atomic E-state index is -0.499. The number of nitrogens with one attached hydrogen (secondary N) is 2. The number of amides is 1. The number of anilines is 1. The third-order valence-corrected chi connectivity index (χ3v) is 5.70. The van der Waals surface area contributed by atoms with E-state index in [1.54, 1.807) is 17.6 Å². The van der Waals surface area contributed by atoms with Crippen molar-refractivity contribution in [3.05, 3.63) is 65.2 Å². The Labute approximate surface area is 177 Å². The molecule has 0 saturated carbocycles. The fourth-order valence-corrected chi connectivity index (χ4v) is 4.06. The maximum absolute atomic E-state index is 11.5. The number of piperazine rings is 1. The summed E-state index contributed by atoms with van der Waals surface area (Å²) in [6.07, 6.45) is 0. The topological polar surface area (TPSA) is 67.8 Å². The molecule has 0 aromatic heterocycles. The number of benzene rings is 2. The van der Waals surface area contributed by atoms with Crippen molar-refractivity contribution in [1.29, 1.82) is 0 Å². The van der Waals surface area contributed by atoms with Gasteiger partial charge < -0.3 is 10.2 Å². The number of carbonyl (C=O) groups excluding carboxylic acids is 1. The maximum atomic E-state index is 11.5. The maximum Gasteiger partial charge on any atom is 0.274 e. The fraction of sp³-hybridized carbons (Fsp3) is 0.364. The molecule has 1 fully saturated rings. The smallest absolute Gasteiger partial charge is 0.274 e. The number of hydroxylamine groups is 1. The number of nitrogens with zero attached hydrogens (tertiary/aromatic N) is 2. The van der Waals surface area contributed by atoms with E-state index in [0.29, 0.717) is 17.6 Å². The molecule has 1 aliphatic rings. The molecule has 2 atom stereocenters. The summed E-state index contributed by atoms with van der Waals surface area (Å²) in [6.45, 7) is 9.01. The molecule has 1 amide bonds. The highest BCUT2D eigenvalue weighted by molar-refractivity contribution is 7.80. The van der Waals surface area contributed by atoms with E-state index in [0.717, 1.165) is 36.0 Å². The van der Waals surface area contributed by atoms with Crippen LogP contribution in [0.15, 0.2) is 48.5 Å². The van der Waals surface area contributed by atoms with Crippen molar-refractivity contribution in [3.8, 4) is 0 Å². The number of rotatable bonds is 4. The van der Waals surface area contributed by atoms with Crippen molar-refractivity contribution in [1.82, 2.24) is 15.3 Å². The summed E-state index contributed by atoms with van der Waals surface area (Å²) in [7, 11) is 0. The first kappa shape index (κ1) is 21.2. The Balaban J connectivity index is 1.60. The predicted molar refractivity (Wildman–Crippen MR) is 119 cm³/mol. The average Bonchev–Trinajstić information content (AvgIpc) is 2.70. The lowest BCUT2D eigenvalue weighted by molar-refractivity contribution is 0.0655. The lowest BCUT2D eigenvalue weighted by atomic mass is 10.1. The molecule has 0 radical (unpaired) electrons. The van der Waals surface area contributed by atoms with Gasteiger partial charge in [-0.05, 0) is 68.4 Å². The molecule has 3 rings (SSSR count). The number of aryl methyl sites for hydroxylation is 1. The molecular weight excluding hydrogens is 384 g/mol. The summed E-state index contributed by atoms with van der Waals surface area (Å²) in [6, 6.07) is 16.2. The van der Waals surface area contributed by atoms with Gasteiger partial charge in [-0.25, -0.2) is 5.48 Å². The summed E-state index contributed by atoms with van der Waals surface area (Å²) in [5.74, 6) is -0.499. The highest BCUT2D eigenvalue weighted by Crippen LogP contribution is 2.21. The minimum absolute atomic E-state index is 0.330. The Kier molecular flexibility index (Phi) is 6.84. The number of hydrogen-bond acceptors (Lipinski definition) is 4. The van der Waals surface area contributed by atoms with Crippen molar-refractivity contribution >= 4 is 28.9 Å². The first-order chi connectivity index (χ1) is 13.9. The van der Waals surface area contributed by atoms with Crippen LogP contribution in [0.3, 0.4) is 0 Å². The standard InChI is InChI=1S/C22H28N4O2S/c1-15-5-4-6-20(11-15)23-22(29)25-12-16(2)26(17(3)13-25)14-18-7-9-19(10-8-18)21(27)24-28/h4-11,16-17,28H,12-14H2,1-3H3,(H,23,29)(H,24,27)/t16-,17+. The van der Waals surface area contributed by atoms with Gasteiger partial charge in [0.25, 0.3) is 5.91 Å². The highest BCUT2D eigenvalue weighted by Gasteiger charge is 2.30. The van der Waals surface area contributed by atoms with Gasteiger partial charge in [-0.3, -0.25) is 14.9 Å². The Hall–Kier alpha value is -2.48. The van der Waals surface area contributed by atoms with E-state index < -0.39 is 5.91 Å². The molecule has 2 aromatic rings. The highest BCUT2D eigenvalue weighted by atomic mass is 32.1. The third kappa shape index (κ3) is 5.32. The van der Waals surface area contributed by atoms with Crippen LogP contribution in [0.4, 0.5) is 5.69 Å². The molecule has 3 N–H and O–H groups in total. The average molecular weight is 413 g/mol. The Morgan fingerprint density at radius 3 is 2.38 bits per heavy atom. The molecule has 154 valence electrons. The molecule has 0 spiro atoms. The van der Waals surface area contributed by atoms with E-state index in [2.05, 4.69) is 48.0 Å². The van der Waals surface area contributed by atoms with Gasteiger partial charge in [0.05, 0.1) is 0 Å². The lowest BCUT2D eigenvalue weighted by Gasteiger charge is -2.45. The SMILES string of the molecule is Cc1cccc(NC(=S)N2C[C@@H](C)N(Cc3ccc(C(=O)NO)cc3)[C@@H](C)C2)c1. The number of thiocarbonyl (C=S) groups is 1. The summed E-state index contributed by atoms with van der Waals surface area (Å²) in [4.78, 5) is 16.2. The lowest BCUT2D eigenvalue weighted by Crippen LogP contribution is -2.58. The summed E-state index contributed by atoms with van der Waals surface area (Å²) >= 11 is 5.66. The molecule has 0 bridgehead atoms. The van der Waals surface area contributed by atoms with Crippen LogP contribution in [0.1, 0.15) is 35.3 Å². The van der Waals surface area contributed by atoms with Crippen molar-refractivity contribution in [2.75, 3.05) is 18.4 Å². The van der Waals surface area contributed by atoms with E-state index in [9.17, 15) is 4.79 Å². The van der Waals surface area contributed by atoms with Crippen LogP contribution in [0.5, 0.6) is 0 Å². The van der Waals surface area contributed by atoms with Gasteiger partial charge in [-0.1, -0.05) is 24.3 Å². The summed E-state index contributed by atoms with van der Waals surface area (Å²) in [5.41, 5.74) is 5.45. The quantitative estimate of drug-likeness (QED) is 0.406. The van der Waals surface area contributed by atoms with Gasteiger partial charge >= 0.3 is 0 Å². The molecular formula is C22H28N4O2S. The van der Waals surface area contributed by atoms with Gasteiger partial charge in [0, 0.05) is 43.0 Å². The monoisotopic (exact) mass is 412 g/mol. The van der Waals surface area contributed by atoms with Crippen molar-refractivity contribution in [3.63, 3.8) is 0 Å². The molecule has 7 heteroatoms. The van der Waals surface area contributed by atoms with Crippen LogP contribution in [0.2, 0.25) is 0 Å². The van der Waals surface area contributed by atoms with Gasteiger partial charge in [0.15, 0.2) is 5.11 Å². The first-order valence-electron chi connectivity index (χ1n) is 9.79. The summed E-state index contributed by atoms with van der Waals surface area (Å²) in [5, 5.41) is 12.9. The van der Waals surface area contributed by atoms with Crippen molar-refractivity contribution in [2.24, 2.45) is 0 Å². The molecule has 0 aliphatic carbocycles. The largest absolute Gasteiger partial charge is 0.346 e. The Morgan fingerprint density at radius 2 is 1.79 bits per heavy atom. The van der Waals surface area contributed by atoms with Gasteiger partial charge in [-0.15, -0.1) is 0 Å². The molecule has 6 nitrogen and oxygen atoms in total. The summed E-state index contributed by atoms with van der Waals surface area (Å²) < 4.78 is 0. The zero-order valence-corrected chi connectivity index (χ0v) is 17.9. The predicted octanol–water partition coefficient (Wildman–Crippen LogP) is 3.41.